The van der Waals surface area contributed by atoms with Gasteiger partial charge in [0.2, 0.25) is 0 Å². The molecule has 0 bridgehead atoms. The van der Waals surface area contributed by atoms with Crippen LogP contribution < -0.4 is 20.3 Å². The third-order valence-electron chi connectivity index (χ3n) is 4.72. The lowest BCUT2D eigenvalue weighted by Gasteiger charge is -2.21. The fraction of sp³-hybridized carbons (Fsp3) is 0.450. The Hall–Kier alpha value is -2.21. The second-order valence-corrected chi connectivity index (χ2v) is 7.96. The largest absolute Gasteiger partial charge is 0.495 e. The highest BCUT2D eigenvalue weighted by Crippen LogP contribution is 2.31. The summed E-state index contributed by atoms with van der Waals surface area (Å²) < 4.78 is 5.50. The molecular formula is C20H28N4OS. The van der Waals surface area contributed by atoms with Crippen molar-refractivity contribution >= 4 is 23.0 Å². The molecule has 1 atom stereocenters. The van der Waals surface area contributed by atoms with E-state index in [1.807, 2.05) is 30.5 Å². The first kappa shape index (κ1) is 18.6. The molecule has 0 amide bonds. The summed E-state index contributed by atoms with van der Waals surface area (Å²) in [6, 6.07) is 12.6. The van der Waals surface area contributed by atoms with Crippen molar-refractivity contribution in [2.45, 2.75) is 19.9 Å². The maximum absolute atomic E-state index is 5.50. The zero-order chi connectivity index (χ0) is 18.4. The number of nitrogens with zero attached hydrogens (tertiary/aromatic N) is 2. The molecule has 0 spiro atoms. The van der Waals surface area contributed by atoms with Crippen molar-refractivity contribution < 1.29 is 4.74 Å². The summed E-state index contributed by atoms with van der Waals surface area (Å²) >= 11 is 1.82. The number of thiophene rings is 1. The van der Waals surface area contributed by atoms with Gasteiger partial charge in [0.05, 0.1) is 19.3 Å². The lowest BCUT2D eigenvalue weighted by atomic mass is 10.1. The van der Waals surface area contributed by atoms with Crippen molar-refractivity contribution in [3.63, 3.8) is 0 Å². The molecule has 0 radical (unpaired) electrons. The van der Waals surface area contributed by atoms with E-state index in [4.69, 9.17) is 4.74 Å². The van der Waals surface area contributed by atoms with Crippen LogP contribution in [0, 0.1) is 12.8 Å². The number of nitrogens with one attached hydrogen (secondary N) is 2. The average Bonchev–Trinajstić information content (AvgIpc) is 3.31. The molecule has 26 heavy (non-hydrogen) atoms. The van der Waals surface area contributed by atoms with E-state index < -0.39 is 0 Å². The number of rotatable bonds is 6. The fourth-order valence-corrected chi connectivity index (χ4v) is 4.15. The summed E-state index contributed by atoms with van der Waals surface area (Å²) in [5, 5.41) is 6.87. The minimum Gasteiger partial charge on any atom is -0.495 e. The van der Waals surface area contributed by atoms with Gasteiger partial charge in [-0.3, -0.25) is 4.99 Å². The molecule has 1 aromatic carbocycles. The van der Waals surface area contributed by atoms with Crippen LogP contribution in [0.3, 0.4) is 0 Å². The van der Waals surface area contributed by atoms with E-state index in [0.717, 1.165) is 37.9 Å². The summed E-state index contributed by atoms with van der Waals surface area (Å²) in [6.07, 6.45) is 1.17. The van der Waals surface area contributed by atoms with E-state index in [-0.39, 0.29) is 0 Å². The van der Waals surface area contributed by atoms with Gasteiger partial charge in [0.25, 0.3) is 0 Å². The molecule has 2 N–H and O–H groups in total. The standard InChI is InChI=1S/C20H28N4OS/c1-15-8-9-17(26-15)13-23-20(21-2)22-12-16-10-11-24(14-16)18-6-4-5-7-19(18)25-3/h4-9,16H,10-14H2,1-3H3,(H2,21,22,23). The van der Waals surface area contributed by atoms with Crippen molar-refractivity contribution in [3.05, 3.63) is 46.2 Å². The molecule has 140 valence electrons. The minimum atomic E-state index is 0.599. The highest BCUT2D eigenvalue weighted by Gasteiger charge is 2.24. The number of guanidine groups is 1. The second kappa shape index (κ2) is 8.94. The predicted octanol–water partition coefficient (Wildman–Crippen LogP) is 3.26. The van der Waals surface area contributed by atoms with Gasteiger partial charge >= 0.3 is 0 Å². The number of aryl methyl sites for hydroxylation is 1. The molecule has 1 fully saturated rings. The number of methoxy groups -OCH3 is 1. The number of hydrogen-bond donors (Lipinski definition) is 2. The van der Waals surface area contributed by atoms with E-state index in [0.29, 0.717) is 5.92 Å². The molecule has 0 aliphatic carbocycles. The van der Waals surface area contributed by atoms with Crippen molar-refractivity contribution in [2.24, 2.45) is 10.9 Å². The Bertz CT molecular complexity index is 743. The first-order valence-electron chi connectivity index (χ1n) is 9.07. The molecule has 6 heteroatoms. The molecular weight excluding hydrogens is 344 g/mol. The van der Waals surface area contributed by atoms with E-state index >= 15 is 0 Å². The summed E-state index contributed by atoms with van der Waals surface area (Å²) in [7, 11) is 3.56. The van der Waals surface area contributed by atoms with Crippen LogP contribution in [0.25, 0.3) is 0 Å². The van der Waals surface area contributed by atoms with Crippen molar-refractivity contribution in [1.29, 1.82) is 0 Å². The van der Waals surface area contributed by atoms with Gasteiger partial charge in [-0.05, 0) is 43.5 Å². The van der Waals surface area contributed by atoms with Gasteiger partial charge in [-0.1, -0.05) is 12.1 Å². The van der Waals surface area contributed by atoms with E-state index in [1.165, 1.54) is 21.9 Å². The third-order valence-corrected chi connectivity index (χ3v) is 5.72. The number of para-hydroxylation sites is 2. The van der Waals surface area contributed by atoms with Crippen LogP contribution in [-0.2, 0) is 6.54 Å². The Balaban J connectivity index is 1.47. The summed E-state index contributed by atoms with van der Waals surface area (Å²) in [5.74, 6) is 2.42. The average molecular weight is 373 g/mol. The Kier molecular flexibility index (Phi) is 6.39. The number of ether oxygens (including phenoxy) is 1. The van der Waals surface area contributed by atoms with Crippen LogP contribution in [0.2, 0.25) is 0 Å². The molecule has 2 heterocycles. The van der Waals surface area contributed by atoms with Gasteiger partial charge in [-0.25, -0.2) is 0 Å². The quantitative estimate of drug-likeness (QED) is 0.604. The zero-order valence-corrected chi connectivity index (χ0v) is 16.6. The molecule has 1 saturated heterocycles. The Morgan fingerprint density at radius 1 is 1.27 bits per heavy atom. The third kappa shape index (κ3) is 4.69. The predicted molar refractivity (Wildman–Crippen MR) is 111 cm³/mol. The maximum Gasteiger partial charge on any atom is 0.191 e. The number of anilines is 1. The second-order valence-electron chi connectivity index (χ2n) is 6.59. The molecule has 2 aromatic rings. The summed E-state index contributed by atoms with van der Waals surface area (Å²) in [4.78, 5) is 9.42. The first-order chi connectivity index (χ1) is 12.7. The molecule has 1 aliphatic heterocycles. The Morgan fingerprint density at radius 3 is 2.85 bits per heavy atom. The maximum atomic E-state index is 5.50. The van der Waals surface area contributed by atoms with Gasteiger partial charge in [-0.15, -0.1) is 11.3 Å². The lowest BCUT2D eigenvalue weighted by molar-refractivity contribution is 0.414. The number of benzene rings is 1. The van der Waals surface area contributed by atoms with Crippen molar-refractivity contribution in [3.8, 4) is 5.75 Å². The van der Waals surface area contributed by atoms with E-state index in [1.54, 1.807) is 7.11 Å². The molecule has 0 saturated carbocycles. The van der Waals surface area contributed by atoms with Crippen LogP contribution in [0.4, 0.5) is 5.69 Å². The van der Waals surface area contributed by atoms with E-state index in [2.05, 4.69) is 51.7 Å². The molecule has 1 unspecified atom stereocenters. The van der Waals surface area contributed by atoms with Gasteiger partial charge in [0.15, 0.2) is 5.96 Å². The highest BCUT2D eigenvalue weighted by atomic mass is 32.1. The SMILES string of the molecule is CN=C(NCc1ccc(C)s1)NCC1CCN(c2ccccc2OC)C1. The Morgan fingerprint density at radius 2 is 2.12 bits per heavy atom. The number of aliphatic imine (C=N–C) groups is 1. The zero-order valence-electron chi connectivity index (χ0n) is 15.8. The topological polar surface area (TPSA) is 48.9 Å². The summed E-state index contributed by atoms with van der Waals surface area (Å²) in [6.45, 7) is 5.97. The lowest BCUT2D eigenvalue weighted by Crippen LogP contribution is -2.39. The summed E-state index contributed by atoms with van der Waals surface area (Å²) in [5.41, 5.74) is 1.19. The minimum absolute atomic E-state index is 0.599. The van der Waals surface area contributed by atoms with E-state index in [9.17, 15) is 0 Å². The normalized spacial score (nSPS) is 17.4. The number of hydrogen-bond acceptors (Lipinski definition) is 4. The smallest absolute Gasteiger partial charge is 0.191 e. The van der Waals surface area contributed by atoms with Crippen LogP contribution in [0.5, 0.6) is 5.75 Å². The van der Waals surface area contributed by atoms with Gasteiger partial charge in [0, 0.05) is 36.4 Å². The fourth-order valence-electron chi connectivity index (χ4n) is 3.32. The molecule has 1 aromatic heterocycles. The highest BCUT2D eigenvalue weighted by molar-refractivity contribution is 7.11. The first-order valence-corrected chi connectivity index (χ1v) is 9.89. The van der Waals surface area contributed by atoms with Crippen LogP contribution >= 0.6 is 11.3 Å². The van der Waals surface area contributed by atoms with Gasteiger partial charge < -0.3 is 20.3 Å². The van der Waals surface area contributed by atoms with Crippen LogP contribution in [0.15, 0.2) is 41.4 Å². The Labute approximate surface area is 160 Å². The monoisotopic (exact) mass is 372 g/mol. The van der Waals surface area contributed by atoms with Gasteiger partial charge in [-0.2, -0.15) is 0 Å². The molecule has 3 rings (SSSR count). The van der Waals surface area contributed by atoms with Crippen LogP contribution in [-0.4, -0.2) is 39.8 Å². The molecule has 1 aliphatic rings. The van der Waals surface area contributed by atoms with Gasteiger partial charge in [0.1, 0.15) is 5.75 Å². The van der Waals surface area contributed by atoms with Crippen LogP contribution in [0.1, 0.15) is 16.2 Å². The van der Waals surface area contributed by atoms with Crippen molar-refractivity contribution in [2.75, 3.05) is 38.7 Å². The molecule has 5 nitrogen and oxygen atoms in total. The van der Waals surface area contributed by atoms with Crippen molar-refractivity contribution in [1.82, 2.24) is 10.6 Å².